The standard InChI is InChI=1S/C17H23N3/c1-13-5-4-10-17(11-13,12-18)20-16-9-8-14-6-2-3-7-15(14)19-16/h2-3,6-9,13H,4-5,10-12,18H2,1H3,(H,19,20). The SMILES string of the molecule is CC1CCCC(CN)(Nc2ccc3ccccc3n2)C1. The molecule has 3 N–H and O–H groups in total. The molecule has 0 aliphatic heterocycles. The molecule has 3 heteroatoms. The van der Waals surface area contributed by atoms with Crippen molar-refractivity contribution in [1.29, 1.82) is 0 Å². The summed E-state index contributed by atoms with van der Waals surface area (Å²) in [6.45, 7) is 2.99. The predicted molar refractivity (Wildman–Crippen MR) is 84.8 cm³/mol. The number of rotatable bonds is 3. The number of benzene rings is 1. The highest BCUT2D eigenvalue weighted by Gasteiger charge is 2.33. The molecule has 0 spiro atoms. The van der Waals surface area contributed by atoms with Crippen molar-refractivity contribution in [2.45, 2.75) is 38.1 Å². The average molecular weight is 269 g/mol. The molecule has 2 aromatic rings. The zero-order valence-electron chi connectivity index (χ0n) is 12.1. The first kappa shape index (κ1) is 13.4. The van der Waals surface area contributed by atoms with Crippen LogP contribution in [-0.2, 0) is 0 Å². The van der Waals surface area contributed by atoms with Crippen LogP contribution in [0.1, 0.15) is 32.6 Å². The number of hydrogen-bond acceptors (Lipinski definition) is 3. The van der Waals surface area contributed by atoms with Crippen LogP contribution in [0.15, 0.2) is 36.4 Å². The molecule has 1 aromatic heterocycles. The Kier molecular flexibility index (Phi) is 3.62. The van der Waals surface area contributed by atoms with Gasteiger partial charge in [0, 0.05) is 11.9 Å². The Bertz CT molecular complexity index is 596. The topological polar surface area (TPSA) is 50.9 Å². The molecule has 106 valence electrons. The van der Waals surface area contributed by atoms with E-state index in [4.69, 9.17) is 10.7 Å². The van der Waals surface area contributed by atoms with E-state index < -0.39 is 0 Å². The summed E-state index contributed by atoms with van der Waals surface area (Å²) in [5, 5.41) is 4.81. The van der Waals surface area contributed by atoms with Gasteiger partial charge in [-0.2, -0.15) is 0 Å². The van der Waals surface area contributed by atoms with Crippen LogP contribution in [0.4, 0.5) is 5.82 Å². The summed E-state index contributed by atoms with van der Waals surface area (Å²) in [6.07, 6.45) is 4.84. The van der Waals surface area contributed by atoms with Crippen LogP contribution < -0.4 is 11.1 Å². The van der Waals surface area contributed by atoms with Crippen LogP contribution in [0.3, 0.4) is 0 Å². The van der Waals surface area contributed by atoms with Gasteiger partial charge in [-0.1, -0.05) is 38.0 Å². The van der Waals surface area contributed by atoms with Gasteiger partial charge in [0.1, 0.15) is 5.82 Å². The maximum absolute atomic E-state index is 6.07. The number of anilines is 1. The van der Waals surface area contributed by atoms with Gasteiger partial charge in [0.25, 0.3) is 0 Å². The smallest absolute Gasteiger partial charge is 0.127 e. The minimum atomic E-state index is 0.0210. The molecular weight excluding hydrogens is 246 g/mol. The molecule has 1 aliphatic carbocycles. The molecule has 1 heterocycles. The molecule has 0 radical (unpaired) electrons. The van der Waals surface area contributed by atoms with E-state index in [-0.39, 0.29) is 5.54 Å². The van der Waals surface area contributed by atoms with E-state index >= 15 is 0 Å². The fourth-order valence-electron chi connectivity index (χ4n) is 3.42. The third kappa shape index (κ3) is 2.63. The summed E-state index contributed by atoms with van der Waals surface area (Å²) >= 11 is 0. The Morgan fingerprint density at radius 2 is 2.15 bits per heavy atom. The van der Waals surface area contributed by atoms with Gasteiger partial charge in [-0.3, -0.25) is 0 Å². The largest absolute Gasteiger partial charge is 0.363 e. The summed E-state index contributed by atoms with van der Waals surface area (Å²) in [5.41, 5.74) is 7.13. The van der Waals surface area contributed by atoms with Crippen LogP contribution >= 0.6 is 0 Å². The highest BCUT2D eigenvalue weighted by molar-refractivity contribution is 5.80. The first-order chi connectivity index (χ1) is 9.71. The lowest BCUT2D eigenvalue weighted by molar-refractivity contribution is 0.263. The van der Waals surface area contributed by atoms with Gasteiger partial charge in [0.2, 0.25) is 0 Å². The minimum absolute atomic E-state index is 0.0210. The molecule has 3 nitrogen and oxygen atoms in total. The van der Waals surface area contributed by atoms with E-state index in [1.54, 1.807) is 0 Å². The Labute approximate surface area is 120 Å². The number of hydrogen-bond donors (Lipinski definition) is 2. The minimum Gasteiger partial charge on any atom is -0.363 e. The summed E-state index contributed by atoms with van der Waals surface area (Å²) in [4.78, 5) is 4.72. The number of nitrogens with zero attached hydrogens (tertiary/aromatic N) is 1. The molecular formula is C17H23N3. The second-order valence-electron chi connectivity index (χ2n) is 6.20. The van der Waals surface area contributed by atoms with E-state index in [1.165, 1.54) is 18.2 Å². The predicted octanol–water partition coefficient (Wildman–Crippen LogP) is 3.55. The Balaban J connectivity index is 1.87. The Morgan fingerprint density at radius 3 is 2.95 bits per heavy atom. The maximum Gasteiger partial charge on any atom is 0.127 e. The number of nitrogens with two attached hydrogens (primary N) is 1. The second-order valence-corrected chi connectivity index (χ2v) is 6.20. The lowest BCUT2D eigenvalue weighted by Gasteiger charge is -2.40. The van der Waals surface area contributed by atoms with Crippen LogP contribution in [0.2, 0.25) is 0 Å². The molecule has 1 aromatic carbocycles. The molecule has 3 rings (SSSR count). The van der Waals surface area contributed by atoms with Crippen molar-refractivity contribution in [3.8, 4) is 0 Å². The first-order valence-corrected chi connectivity index (χ1v) is 7.55. The van der Waals surface area contributed by atoms with Gasteiger partial charge in [-0.05, 0) is 37.0 Å². The maximum atomic E-state index is 6.07. The average Bonchev–Trinajstić information content (AvgIpc) is 2.47. The number of para-hydroxylation sites is 1. The quantitative estimate of drug-likeness (QED) is 0.896. The van der Waals surface area contributed by atoms with E-state index in [9.17, 15) is 0 Å². The van der Waals surface area contributed by atoms with Crippen molar-refractivity contribution in [3.05, 3.63) is 36.4 Å². The van der Waals surface area contributed by atoms with Gasteiger partial charge >= 0.3 is 0 Å². The van der Waals surface area contributed by atoms with Gasteiger partial charge in [0.05, 0.1) is 11.1 Å². The van der Waals surface area contributed by atoms with E-state index in [2.05, 4.69) is 36.5 Å². The zero-order chi connectivity index (χ0) is 14.0. The number of pyridine rings is 1. The summed E-state index contributed by atoms with van der Waals surface area (Å²) in [6, 6.07) is 12.4. The van der Waals surface area contributed by atoms with Crippen LogP contribution in [0, 0.1) is 5.92 Å². The van der Waals surface area contributed by atoms with Crippen molar-refractivity contribution in [2.75, 3.05) is 11.9 Å². The monoisotopic (exact) mass is 269 g/mol. The molecule has 2 unspecified atom stereocenters. The number of nitrogens with one attached hydrogen (secondary N) is 1. The third-order valence-electron chi connectivity index (χ3n) is 4.47. The van der Waals surface area contributed by atoms with Crippen molar-refractivity contribution in [3.63, 3.8) is 0 Å². The molecule has 2 atom stereocenters. The number of fused-ring (bicyclic) bond motifs is 1. The Hall–Kier alpha value is -1.61. The summed E-state index contributed by atoms with van der Waals surface area (Å²) in [7, 11) is 0. The van der Waals surface area contributed by atoms with Crippen LogP contribution in [0.5, 0.6) is 0 Å². The highest BCUT2D eigenvalue weighted by atomic mass is 15.1. The van der Waals surface area contributed by atoms with E-state index in [1.807, 2.05) is 12.1 Å². The summed E-state index contributed by atoms with van der Waals surface area (Å²) in [5.74, 6) is 1.68. The van der Waals surface area contributed by atoms with Crippen molar-refractivity contribution >= 4 is 16.7 Å². The van der Waals surface area contributed by atoms with Gasteiger partial charge in [-0.15, -0.1) is 0 Å². The van der Waals surface area contributed by atoms with Crippen molar-refractivity contribution in [2.24, 2.45) is 11.7 Å². The van der Waals surface area contributed by atoms with Gasteiger partial charge in [-0.25, -0.2) is 4.98 Å². The van der Waals surface area contributed by atoms with Crippen molar-refractivity contribution < 1.29 is 0 Å². The molecule has 20 heavy (non-hydrogen) atoms. The molecule has 1 aliphatic rings. The van der Waals surface area contributed by atoms with E-state index in [0.29, 0.717) is 6.54 Å². The first-order valence-electron chi connectivity index (χ1n) is 7.55. The normalized spacial score (nSPS) is 26.6. The highest BCUT2D eigenvalue weighted by Crippen LogP contribution is 2.34. The second kappa shape index (κ2) is 5.41. The molecule has 1 fully saturated rings. The van der Waals surface area contributed by atoms with E-state index in [0.717, 1.165) is 30.1 Å². The molecule has 0 amide bonds. The lowest BCUT2D eigenvalue weighted by atomic mass is 9.76. The molecule has 0 bridgehead atoms. The third-order valence-corrected chi connectivity index (χ3v) is 4.47. The number of aromatic nitrogens is 1. The zero-order valence-corrected chi connectivity index (χ0v) is 12.1. The fourth-order valence-corrected chi connectivity index (χ4v) is 3.42. The Morgan fingerprint density at radius 1 is 1.30 bits per heavy atom. The molecule has 1 saturated carbocycles. The van der Waals surface area contributed by atoms with Gasteiger partial charge < -0.3 is 11.1 Å². The van der Waals surface area contributed by atoms with Crippen LogP contribution in [0.25, 0.3) is 10.9 Å². The van der Waals surface area contributed by atoms with Crippen molar-refractivity contribution in [1.82, 2.24) is 4.98 Å². The molecule has 0 saturated heterocycles. The van der Waals surface area contributed by atoms with Crippen LogP contribution in [-0.4, -0.2) is 17.1 Å². The lowest BCUT2D eigenvalue weighted by Crippen LogP contribution is -2.48. The summed E-state index contributed by atoms with van der Waals surface area (Å²) < 4.78 is 0. The van der Waals surface area contributed by atoms with Gasteiger partial charge in [0.15, 0.2) is 0 Å². The fraction of sp³-hybridized carbons (Fsp3) is 0.471.